The summed E-state index contributed by atoms with van der Waals surface area (Å²) in [5.41, 5.74) is 2.36. The Kier molecular flexibility index (Phi) is 5.90. The van der Waals surface area contributed by atoms with Crippen LogP contribution in [0, 0.1) is 0 Å². The van der Waals surface area contributed by atoms with Crippen LogP contribution in [0.4, 0.5) is 0 Å². The monoisotopic (exact) mass is 305 g/mol. The Morgan fingerprint density at radius 3 is 2.29 bits per heavy atom. The molecule has 2 aromatic rings. The highest BCUT2D eigenvalue weighted by atomic mass is 35.5. The van der Waals surface area contributed by atoms with Gasteiger partial charge in [0.1, 0.15) is 0 Å². The van der Waals surface area contributed by atoms with Gasteiger partial charge in [0.15, 0.2) is 11.5 Å². The second-order valence-electron chi connectivity index (χ2n) is 4.65. The van der Waals surface area contributed by atoms with E-state index in [1.807, 2.05) is 49.4 Å². The third kappa shape index (κ3) is 4.66. The van der Waals surface area contributed by atoms with Gasteiger partial charge in [-0.2, -0.15) is 0 Å². The summed E-state index contributed by atoms with van der Waals surface area (Å²) in [6.45, 7) is 4.16. The standard InChI is InChI=1S/C17H20ClNO2/c1-3-21-16-9-6-14(10-17(16)20-2)12-19-11-13-4-7-15(18)8-5-13/h4-10,19H,3,11-12H2,1-2H3. The van der Waals surface area contributed by atoms with Gasteiger partial charge in [-0.15, -0.1) is 0 Å². The molecule has 0 bridgehead atoms. The van der Waals surface area contributed by atoms with Gasteiger partial charge < -0.3 is 14.8 Å². The molecule has 0 aromatic heterocycles. The molecule has 0 spiro atoms. The molecule has 112 valence electrons. The van der Waals surface area contributed by atoms with Crippen LogP contribution in [0.5, 0.6) is 11.5 Å². The van der Waals surface area contributed by atoms with Gasteiger partial charge in [-0.1, -0.05) is 29.8 Å². The van der Waals surface area contributed by atoms with Gasteiger partial charge in [-0.25, -0.2) is 0 Å². The van der Waals surface area contributed by atoms with Crippen LogP contribution in [0.1, 0.15) is 18.1 Å². The predicted molar refractivity (Wildman–Crippen MR) is 86.2 cm³/mol. The summed E-state index contributed by atoms with van der Waals surface area (Å²) in [5.74, 6) is 1.55. The van der Waals surface area contributed by atoms with Gasteiger partial charge in [0, 0.05) is 18.1 Å². The molecule has 0 saturated heterocycles. The Morgan fingerprint density at radius 2 is 1.62 bits per heavy atom. The second kappa shape index (κ2) is 7.91. The van der Waals surface area contributed by atoms with E-state index >= 15 is 0 Å². The SMILES string of the molecule is CCOc1ccc(CNCc2ccc(Cl)cc2)cc1OC. The minimum Gasteiger partial charge on any atom is -0.493 e. The van der Waals surface area contributed by atoms with Gasteiger partial charge in [0.05, 0.1) is 13.7 Å². The number of methoxy groups -OCH3 is 1. The van der Waals surface area contributed by atoms with E-state index in [1.165, 1.54) is 5.56 Å². The Hall–Kier alpha value is -1.71. The summed E-state index contributed by atoms with van der Waals surface area (Å²) in [5, 5.41) is 4.16. The zero-order chi connectivity index (χ0) is 15.1. The van der Waals surface area contributed by atoms with Crippen LogP contribution in [0.3, 0.4) is 0 Å². The number of nitrogens with one attached hydrogen (secondary N) is 1. The van der Waals surface area contributed by atoms with Crippen LogP contribution in [0.2, 0.25) is 5.02 Å². The van der Waals surface area contributed by atoms with Crippen molar-refractivity contribution in [3.05, 3.63) is 58.6 Å². The molecule has 1 N–H and O–H groups in total. The van der Waals surface area contributed by atoms with Crippen LogP contribution in [0.25, 0.3) is 0 Å². The molecular formula is C17H20ClNO2. The highest BCUT2D eigenvalue weighted by Crippen LogP contribution is 2.27. The lowest BCUT2D eigenvalue weighted by atomic mass is 10.2. The molecule has 0 heterocycles. The number of hydrogen-bond donors (Lipinski definition) is 1. The highest BCUT2D eigenvalue weighted by Gasteiger charge is 2.05. The van der Waals surface area contributed by atoms with E-state index in [-0.39, 0.29) is 0 Å². The molecule has 0 saturated carbocycles. The maximum absolute atomic E-state index is 5.87. The molecule has 0 unspecified atom stereocenters. The zero-order valence-corrected chi connectivity index (χ0v) is 13.1. The third-order valence-electron chi connectivity index (χ3n) is 3.10. The summed E-state index contributed by atoms with van der Waals surface area (Å²) in [7, 11) is 1.66. The van der Waals surface area contributed by atoms with E-state index in [1.54, 1.807) is 7.11 Å². The van der Waals surface area contributed by atoms with Crippen molar-refractivity contribution in [3.63, 3.8) is 0 Å². The van der Waals surface area contributed by atoms with Crippen molar-refractivity contribution in [2.24, 2.45) is 0 Å². The minimum atomic E-state index is 0.629. The summed E-state index contributed by atoms with van der Waals surface area (Å²) >= 11 is 5.87. The molecule has 2 rings (SSSR count). The molecule has 4 heteroatoms. The fraction of sp³-hybridized carbons (Fsp3) is 0.294. The van der Waals surface area contributed by atoms with Crippen molar-refractivity contribution in [3.8, 4) is 11.5 Å². The number of benzene rings is 2. The second-order valence-corrected chi connectivity index (χ2v) is 5.08. The zero-order valence-electron chi connectivity index (χ0n) is 12.4. The molecule has 2 aromatic carbocycles. The fourth-order valence-electron chi connectivity index (χ4n) is 2.05. The smallest absolute Gasteiger partial charge is 0.161 e. The first kappa shape index (κ1) is 15.7. The van der Waals surface area contributed by atoms with Gasteiger partial charge in [-0.3, -0.25) is 0 Å². The number of hydrogen-bond acceptors (Lipinski definition) is 3. The predicted octanol–water partition coefficient (Wildman–Crippen LogP) is 4.04. The van der Waals surface area contributed by atoms with Crippen LogP contribution >= 0.6 is 11.6 Å². The average Bonchev–Trinajstić information content (AvgIpc) is 2.51. The lowest BCUT2D eigenvalue weighted by Crippen LogP contribution is -2.12. The van der Waals surface area contributed by atoms with E-state index in [4.69, 9.17) is 21.1 Å². The molecule has 0 aliphatic carbocycles. The van der Waals surface area contributed by atoms with Gasteiger partial charge >= 0.3 is 0 Å². The van der Waals surface area contributed by atoms with Crippen LogP contribution in [-0.4, -0.2) is 13.7 Å². The molecule has 0 atom stereocenters. The van der Waals surface area contributed by atoms with Crippen molar-refractivity contribution < 1.29 is 9.47 Å². The van der Waals surface area contributed by atoms with Crippen molar-refractivity contribution in [2.45, 2.75) is 20.0 Å². The van der Waals surface area contributed by atoms with E-state index in [0.29, 0.717) is 6.61 Å². The average molecular weight is 306 g/mol. The fourth-order valence-corrected chi connectivity index (χ4v) is 2.18. The first-order valence-corrected chi connectivity index (χ1v) is 7.35. The van der Waals surface area contributed by atoms with Crippen LogP contribution in [0.15, 0.2) is 42.5 Å². The molecule has 0 amide bonds. The minimum absolute atomic E-state index is 0.629. The molecule has 0 aliphatic heterocycles. The van der Waals surface area contributed by atoms with Crippen LogP contribution < -0.4 is 14.8 Å². The highest BCUT2D eigenvalue weighted by molar-refractivity contribution is 6.30. The first-order chi connectivity index (χ1) is 10.2. The molecule has 0 fully saturated rings. The maximum Gasteiger partial charge on any atom is 0.161 e. The Labute approximate surface area is 130 Å². The first-order valence-electron chi connectivity index (χ1n) is 6.97. The van der Waals surface area contributed by atoms with Crippen LogP contribution in [-0.2, 0) is 13.1 Å². The Bertz CT molecular complexity index is 570. The largest absolute Gasteiger partial charge is 0.493 e. The van der Waals surface area contributed by atoms with Crippen molar-refractivity contribution in [1.29, 1.82) is 0 Å². The van der Waals surface area contributed by atoms with Crippen molar-refractivity contribution in [1.82, 2.24) is 5.32 Å². The quantitative estimate of drug-likeness (QED) is 0.837. The van der Waals surface area contributed by atoms with Gasteiger partial charge in [0.2, 0.25) is 0 Å². The Balaban J connectivity index is 1.92. The van der Waals surface area contributed by atoms with E-state index in [9.17, 15) is 0 Å². The number of rotatable bonds is 7. The summed E-state index contributed by atoms with van der Waals surface area (Å²) in [6, 6.07) is 13.8. The third-order valence-corrected chi connectivity index (χ3v) is 3.35. The summed E-state index contributed by atoms with van der Waals surface area (Å²) in [6.07, 6.45) is 0. The van der Waals surface area contributed by atoms with Crippen molar-refractivity contribution in [2.75, 3.05) is 13.7 Å². The lowest BCUT2D eigenvalue weighted by Gasteiger charge is -2.11. The Morgan fingerprint density at radius 1 is 0.952 bits per heavy atom. The molecular weight excluding hydrogens is 286 g/mol. The number of halogens is 1. The van der Waals surface area contributed by atoms with Gasteiger partial charge in [0.25, 0.3) is 0 Å². The maximum atomic E-state index is 5.87. The summed E-state index contributed by atoms with van der Waals surface area (Å²) in [4.78, 5) is 0. The number of ether oxygens (including phenoxy) is 2. The molecule has 3 nitrogen and oxygen atoms in total. The van der Waals surface area contributed by atoms with E-state index < -0.39 is 0 Å². The van der Waals surface area contributed by atoms with E-state index in [0.717, 1.165) is 35.2 Å². The molecule has 0 aliphatic rings. The van der Waals surface area contributed by atoms with Crippen molar-refractivity contribution >= 4 is 11.6 Å². The normalized spacial score (nSPS) is 10.4. The lowest BCUT2D eigenvalue weighted by molar-refractivity contribution is 0.310. The molecule has 0 radical (unpaired) electrons. The summed E-state index contributed by atoms with van der Waals surface area (Å²) < 4.78 is 10.9. The van der Waals surface area contributed by atoms with Gasteiger partial charge in [-0.05, 0) is 42.3 Å². The topological polar surface area (TPSA) is 30.5 Å². The molecule has 21 heavy (non-hydrogen) atoms. The van der Waals surface area contributed by atoms with E-state index in [2.05, 4.69) is 5.32 Å².